The number of hydrogen-bond donors (Lipinski definition) is 2. The molecular weight excluding hydrogens is 554 g/mol. The number of carbonyl (C=O) groups excluding carboxylic acids is 1. The number of benzene rings is 2. The van der Waals surface area contributed by atoms with Crippen LogP contribution in [-0.2, 0) is 6.54 Å². The van der Waals surface area contributed by atoms with Gasteiger partial charge in [-0.3, -0.25) is 9.79 Å². The van der Waals surface area contributed by atoms with Gasteiger partial charge in [0.25, 0.3) is 5.91 Å². The fraction of sp³-hybridized carbons (Fsp3) is 0.312. The highest BCUT2D eigenvalue weighted by Crippen LogP contribution is 2.37. The highest BCUT2D eigenvalue weighted by atomic mass is 32.1. The lowest BCUT2D eigenvalue weighted by Crippen LogP contribution is -2.67. The summed E-state index contributed by atoms with van der Waals surface area (Å²) in [4.78, 5) is 29.8. The van der Waals surface area contributed by atoms with Crippen molar-refractivity contribution in [3.63, 3.8) is 0 Å². The molecule has 2 aromatic heterocycles. The van der Waals surface area contributed by atoms with E-state index in [1.54, 1.807) is 18.3 Å². The Balaban J connectivity index is 0.00000353. The lowest BCUT2D eigenvalue weighted by molar-refractivity contribution is 0.0472. The summed E-state index contributed by atoms with van der Waals surface area (Å²) >= 11 is 1.43. The van der Waals surface area contributed by atoms with Crippen molar-refractivity contribution in [3.8, 4) is 10.6 Å². The highest BCUT2D eigenvalue weighted by molar-refractivity contribution is 7.14. The summed E-state index contributed by atoms with van der Waals surface area (Å²) in [6.07, 6.45) is 1.68. The first kappa shape index (κ1) is 29.5. The average Bonchev–Trinajstić information content (AvgIpc) is 3.33. The summed E-state index contributed by atoms with van der Waals surface area (Å²) in [6.45, 7) is 9.85. The molecular formula is C32H34F2N6OS. The van der Waals surface area contributed by atoms with Crippen LogP contribution in [0.2, 0.25) is 0 Å². The van der Waals surface area contributed by atoms with Crippen molar-refractivity contribution in [2.24, 2.45) is 4.99 Å². The summed E-state index contributed by atoms with van der Waals surface area (Å²) in [5.74, 6) is -0.959. The van der Waals surface area contributed by atoms with Crippen LogP contribution < -0.4 is 10.6 Å². The Morgan fingerprint density at radius 1 is 1.00 bits per heavy atom. The van der Waals surface area contributed by atoms with Gasteiger partial charge >= 0.3 is 0 Å². The minimum atomic E-state index is -0.661. The van der Waals surface area contributed by atoms with Gasteiger partial charge in [0.05, 0.1) is 28.4 Å². The maximum Gasteiger partial charge on any atom is 0.253 e. The van der Waals surface area contributed by atoms with Gasteiger partial charge in [0.2, 0.25) is 5.95 Å². The minimum Gasteiger partial charge on any atom is -0.335 e. The molecule has 1 saturated heterocycles. The molecule has 1 amide bonds. The van der Waals surface area contributed by atoms with E-state index in [2.05, 4.69) is 48.3 Å². The molecule has 0 radical (unpaired) electrons. The van der Waals surface area contributed by atoms with Gasteiger partial charge in [-0.1, -0.05) is 13.5 Å². The zero-order chi connectivity index (χ0) is 28.9. The average molecular weight is 589 g/mol. The Kier molecular flexibility index (Phi) is 7.72. The molecule has 0 aliphatic carbocycles. The smallest absolute Gasteiger partial charge is 0.253 e. The first-order valence-electron chi connectivity index (χ1n) is 13.4. The van der Waals surface area contributed by atoms with Crippen LogP contribution in [0.1, 0.15) is 62.2 Å². The molecule has 10 heteroatoms. The van der Waals surface area contributed by atoms with Gasteiger partial charge in [0.15, 0.2) is 0 Å². The fourth-order valence-corrected chi connectivity index (χ4v) is 6.72. The molecule has 2 aliphatic rings. The van der Waals surface area contributed by atoms with E-state index < -0.39 is 11.6 Å². The Labute approximate surface area is 248 Å². The number of nitrogens with one attached hydrogen (secondary N) is 2. The number of nitrogens with zero attached hydrogens (tertiary/aromatic N) is 4. The largest absolute Gasteiger partial charge is 0.335 e. The molecule has 7 nitrogen and oxygen atoms in total. The Morgan fingerprint density at radius 3 is 2.33 bits per heavy atom. The van der Waals surface area contributed by atoms with Crippen LogP contribution in [0.15, 0.2) is 65.1 Å². The number of anilines is 2. The number of aliphatic imine (C=N–C) groups is 1. The fourth-order valence-electron chi connectivity index (χ4n) is 5.80. The molecule has 2 aliphatic heterocycles. The van der Waals surface area contributed by atoms with Crippen LogP contribution in [-0.4, -0.2) is 50.7 Å². The molecule has 42 heavy (non-hydrogen) atoms. The van der Waals surface area contributed by atoms with Crippen LogP contribution in [0.3, 0.4) is 0 Å². The summed E-state index contributed by atoms with van der Waals surface area (Å²) in [7, 11) is 0. The standard InChI is InChI=1S/C31H30F2N6OS.CH4/c1-30(2)16-39(17-31(3,4)38-30)28(40)18-8-10-20(11-9-18)36-29-35-15-19-14-34-26(24-22(32)6-5-7-23(24)33)21-12-13-41-27(21)25(19)37-29;/h5-13,15,38H,14,16-17H2,1-4H3,(H,35,36,37);1H4. The Hall–Kier alpha value is -4.02. The number of thiophene rings is 1. The van der Waals surface area contributed by atoms with Gasteiger partial charge in [0, 0.05) is 52.7 Å². The molecule has 0 atom stereocenters. The summed E-state index contributed by atoms with van der Waals surface area (Å²) in [5, 5.41) is 8.67. The number of rotatable bonds is 4. The number of fused-ring (bicyclic) bond motifs is 3. The molecule has 6 rings (SSSR count). The molecule has 0 bridgehead atoms. The number of piperazine rings is 1. The summed E-state index contributed by atoms with van der Waals surface area (Å²) in [6, 6.07) is 12.9. The van der Waals surface area contributed by atoms with Crippen LogP contribution in [0, 0.1) is 11.6 Å². The molecule has 4 heterocycles. The van der Waals surface area contributed by atoms with E-state index in [1.807, 2.05) is 28.5 Å². The number of hydrogen-bond acceptors (Lipinski definition) is 7. The van der Waals surface area contributed by atoms with Crippen LogP contribution in [0.5, 0.6) is 0 Å². The summed E-state index contributed by atoms with van der Waals surface area (Å²) in [5.41, 5.74) is 3.15. The van der Waals surface area contributed by atoms with Crippen LogP contribution in [0.25, 0.3) is 10.6 Å². The van der Waals surface area contributed by atoms with Crippen molar-refractivity contribution in [3.05, 3.63) is 94.0 Å². The lowest BCUT2D eigenvalue weighted by atomic mass is 9.91. The molecule has 2 N–H and O–H groups in total. The SMILES string of the molecule is C.CC1(C)CN(C(=O)c2ccc(Nc3ncc4c(n3)-c3sccc3C(c3c(F)cccc3F)=NC4)cc2)CC(C)(C)N1. The first-order chi connectivity index (χ1) is 19.5. The third-order valence-corrected chi connectivity index (χ3v) is 8.05. The zero-order valence-electron chi connectivity index (χ0n) is 23.3. The number of halogens is 2. The predicted molar refractivity (Wildman–Crippen MR) is 165 cm³/mol. The van der Waals surface area contributed by atoms with Crippen molar-refractivity contribution in [2.45, 2.75) is 52.7 Å². The van der Waals surface area contributed by atoms with E-state index in [0.717, 1.165) is 16.1 Å². The van der Waals surface area contributed by atoms with Gasteiger partial charge in [-0.15, -0.1) is 11.3 Å². The van der Waals surface area contributed by atoms with Gasteiger partial charge in [-0.25, -0.2) is 18.7 Å². The molecule has 0 saturated carbocycles. The Morgan fingerprint density at radius 2 is 1.67 bits per heavy atom. The second kappa shape index (κ2) is 11.0. The predicted octanol–water partition coefficient (Wildman–Crippen LogP) is 6.82. The second-order valence-corrected chi connectivity index (χ2v) is 12.7. The summed E-state index contributed by atoms with van der Waals surface area (Å²) < 4.78 is 29.3. The molecule has 0 spiro atoms. The van der Waals surface area contributed by atoms with E-state index in [1.165, 1.54) is 29.5 Å². The van der Waals surface area contributed by atoms with Crippen molar-refractivity contribution in [1.29, 1.82) is 0 Å². The van der Waals surface area contributed by atoms with E-state index in [4.69, 9.17) is 4.98 Å². The lowest BCUT2D eigenvalue weighted by Gasteiger charge is -2.48. The van der Waals surface area contributed by atoms with Gasteiger partial charge in [-0.2, -0.15) is 0 Å². The van der Waals surface area contributed by atoms with Crippen molar-refractivity contribution < 1.29 is 13.6 Å². The van der Waals surface area contributed by atoms with Crippen molar-refractivity contribution >= 4 is 34.6 Å². The Bertz CT molecular complexity index is 1640. The van der Waals surface area contributed by atoms with E-state index in [9.17, 15) is 13.6 Å². The van der Waals surface area contributed by atoms with Crippen molar-refractivity contribution in [1.82, 2.24) is 20.2 Å². The number of aromatic nitrogens is 2. The van der Waals surface area contributed by atoms with Crippen molar-refractivity contribution in [2.75, 3.05) is 18.4 Å². The van der Waals surface area contributed by atoms with Gasteiger partial charge in [-0.05, 0) is 75.5 Å². The monoisotopic (exact) mass is 588 g/mol. The molecule has 218 valence electrons. The second-order valence-electron chi connectivity index (χ2n) is 11.7. The third-order valence-electron chi connectivity index (χ3n) is 7.13. The van der Waals surface area contributed by atoms with E-state index in [0.29, 0.717) is 35.9 Å². The molecule has 1 fully saturated rings. The molecule has 0 unspecified atom stereocenters. The minimum absolute atomic E-state index is 0. The third kappa shape index (κ3) is 5.69. The molecule has 4 aromatic rings. The zero-order valence-corrected chi connectivity index (χ0v) is 24.1. The highest BCUT2D eigenvalue weighted by Gasteiger charge is 2.38. The maximum absolute atomic E-state index is 14.7. The van der Waals surface area contributed by atoms with E-state index >= 15 is 0 Å². The van der Waals surface area contributed by atoms with Crippen LogP contribution >= 0.6 is 11.3 Å². The van der Waals surface area contributed by atoms with Crippen LogP contribution in [0.4, 0.5) is 20.4 Å². The normalized spacial score (nSPS) is 16.8. The van der Waals surface area contributed by atoms with Gasteiger partial charge < -0.3 is 15.5 Å². The first-order valence-corrected chi connectivity index (χ1v) is 14.3. The van der Waals surface area contributed by atoms with Gasteiger partial charge in [0.1, 0.15) is 11.6 Å². The quantitative estimate of drug-likeness (QED) is 0.274. The number of carbonyl (C=O) groups is 1. The van der Waals surface area contributed by atoms with E-state index in [-0.39, 0.29) is 42.2 Å². The maximum atomic E-state index is 14.7. The molecule has 2 aromatic carbocycles. The number of amides is 1. The topological polar surface area (TPSA) is 82.5 Å².